The summed E-state index contributed by atoms with van der Waals surface area (Å²) in [5, 5.41) is 3.10. The fourth-order valence-corrected chi connectivity index (χ4v) is 3.71. The highest BCUT2D eigenvalue weighted by Gasteiger charge is 2.20. The third-order valence-electron chi connectivity index (χ3n) is 4.78. The minimum atomic E-state index is 0. The second-order valence-corrected chi connectivity index (χ2v) is 7.37. The number of benzene rings is 1. The van der Waals surface area contributed by atoms with Gasteiger partial charge in [0, 0.05) is 25.7 Å². The molecule has 1 aromatic rings. The molecule has 0 aromatic heterocycles. The number of likely N-dealkylation sites (tertiary alicyclic amines) is 1. The van der Waals surface area contributed by atoms with Crippen molar-refractivity contribution in [2.45, 2.75) is 33.1 Å². The number of hydrogen-bond donors (Lipinski definition) is 2. The molecule has 0 spiro atoms. The molecule has 2 atom stereocenters. The first-order valence-corrected chi connectivity index (χ1v) is 9.53. The molecule has 1 aliphatic rings. The normalized spacial score (nSPS) is 20.7. The Morgan fingerprint density at radius 1 is 1.19 bits per heavy atom. The summed E-state index contributed by atoms with van der Waals surface area (Å²) in [5.74, 6) is 3.48. The Hall–Kier alpha value is -1.22. The van der Waals surface area contributed by atoms with Crippen LogP contribution in [0.1, 0.15) is 33.1 Å². The zero-order chi connectivity index (χ0) is 18.9. The van der Waals surface area contributed by atoms with Crippen LogP contribution in [0.3, 0.4) is 0 Å². The maximum Gasteiger partial charge on any atom is 0.193 e. The highest BCUT2D eigenvalue weighted by molar-refractivity contribution is 14.0. The molecule has 2 rings (SSSR count). The van der Waals surface area contributed by atoms with Crippen LogP contribution in [0.25, 0.3) is 0 Å². The Bertz CT molecular complexity index is 587. The Balaban J connectivity index is 0.00000364. The standard InChI is InChI=1S/C20H34N4O2.HI/c1-15-11-16(2)14-24(13-15)10-6-5-9-22-20(21)23-18-12-17(25-3)7-8-19(18)26-4;/h7-8,12,15-16H,5-6,9-11,13-14H2,1-4H3,(H3,21,22,23);1H. The summed E-state index contributed by atoms with van der Waals surface area (Å²) in [7, 11) is 3.26. The third-order valence-corrected chi connectivity index (χ3v) is 4.78. The quantitative estimate of drug-likeness (QED) is 0.251. The van der Waals surface area contributed by atoms with Crippen LogP contribution < -0.4 is 20.5 Å². The van der Waals surface area contributed by atoms with E-state index < -0.39 is 0 Å². The number of rotatable bonds is 8. The van der Waals surface area contributed by atoms with Crippen LogP contribution in [0.5, 0.6) is 11.5 Å². The second-order valence-electron chi connectivity index (χ2n) is 7.37. The summed E-state index contributed by atoms with van der Waals surface area (Å²) < 4.78 is 10.6. The van der Waals surface area contributed by atoms with E-state index in [4.69, 9.17) is 15.2 Å². The number of unbranched alkanes of at least 4 members (excludes halogenated alkanes) is 1. The smallest absolute Gasteiger partial charge is 0.193 e. The number of piperidine rings is 1. The van der Waals surface area contributed by atoms with Crippen molar-refractivity contribution < 1.29 is 9.47 Å². The van der Waals surface area contributed by atoms with Gasteiger partial charge in [-0.25, -0.2) is 0 Å². The molecular formula is C20H35IN4O2. The van der Waals surface area contributed by atoms with Crippen molar-refractivity contribution in [1.82, 2.24) is 4.90 Å². The molecule has 0 saturated carbocycles. The lowest BCUT2D eigenvalue weighted by Gasteiger charge is -2.34. The van der Waals surface area contributed by atoms with E-state index in [0.717, 1.165) is 49.2 Å². The van der Waals surface area contributed by atoms with Crippen LogP contribution in [0.2, 0.25) is 0 Å². The van der Waals surface area contributed by atoms with E-state index in [2.05, 4.69) is 29.1 Å². The average molecular weight is 490 g/mol. The van der Waals surface area contributed by atoms with Crippen molar-refractivity contribution in [1.29, 1.82) is 0 Å². The molecular weight excluding hydrogens is 455 g/mol. The van der Waals surface area contributed by atoms with Crippen LogP contribution in [0, 0.1) is 11.8 Å². The van der Waals surface area contributed by atoms with Gasteiger partial charge in [0.1, 0.15) is 11.5 Å². The van der Waals surface area contributed by atoms with E-state index in [0.29, 0.717) is 11.7 Å². The first-order valence-electron chi connectivity index (χ1n) is 9.53. The summed E-state index contributed by atoms with van der Waals surface area (Å²) in [6.07, 6.45) is 3.55. The molecule has 0 radical (unpaired) electrons. The van der Waals surface area contributed by atoms with Crippen molar-refractivity contribution in [3.05, 3.63) is 18.2 Å². The minimum absolute atomic E-state index is 0. The molecule has 0 aliphatic carbocycles. The fourth-order valence-electron chi connectivity index (χ4n) is 3.71. The molecule has 27 heavy (non-hydrogen) atoms. The zero-order valence-corrected chi connectivity index (χ0v) is 19.4. The molecule has 6 nitrogen and oxygen atoms in total. The number of ether oxygens (including phenoxy) is 2. The van der Waals surface area contributed by atoms with E-state index >= 15 is 0 Å². The largest absolute Gasteiger partial charge is 0.497 e. The molecule has 1 fully saturated rings. The van der Waals surface area contributed by atoms with E-state index in [9.17, 15) is 0 Å². The first kappa shape index (κ1) is 23.8. The van der Waals surface area contributed by atoms with Crippen molar-refractivity contribution in [2.75, 3.05) is 45.7 Å². The van der Waals surface area contributed by atoms with Crippen molar-refractivity contribution in [2.24, 2.45) is 22.6 Å². The SMILES string of the molecule is COc1ccc(OC)c(NC(N)=NCCCCN2CC(C)CC(C)C2)c1.I. The molecule has 1 aliphatic heterocycles. The number of guanidine groups is 1. The van der Waals surface area contributed by atoms with Gasteiger partial charge in [-0.15, -0.1) is 24.0 Å². The van der Waals surface area contributed by atoms with Gasteiger partial charge in [0.25, 0.3) is 0 Å². The molecule has 7 heteroatoms. The van der Waals surface area contributed by atoms with Gasteiger partial charge in [0.2, 0.25) is 0 Å². The van der Waals surface area contributed by atoms with Crippen LogP contribution in [0.4, 0.5) is 5.69 Å². The van der Waals surface area contributed by atoms with E-state index in [1.165, 1.54) is 19.5 Å². The van der Waals surface area contributed by atoms with Gasteiger partial charge in [-0.2, -0.15) is 0 Å². The molecule has 154 valence electrons. The number of nitrogens with one attached hydrogen (secondary N) is 1. The Kier molecular flexibility index (Phi) is 10.8. The van der Waals surface area contributed by atoms with E-state index in [1.807, 2.05) is 18.2 Å². The monoisotopic (exact) mass is 490 g/mol. The topological polar surface area (TPSA) is 72.1 Å². The zero-order valence-electron chi connectivity index (χ0n) is 17.0. The predicted octanol–water partition coefficient (Wildman–Crippen LogP) is 3.81. The Labute approximate surface area is 180 Å². The molecule has 1 saturated heterocycles. The van der Waals surface area contributed by atoms with Crippen LogP contribution in [-0.2, 0) is 0 Å². The summed E-state index contributed by atoms with van der Waals surface area (Å²) in [6, 6.07) is 5.54. The lowest BCUT2D eigenvalue weighted by atomic mass is 9.92. The summed E-state index contributed by atoms with van der Waals surface area (Å²) in [6.45, 7) is 9.05. The first-order chi connectivity index (χ1) is 12.5. The number of nitrogens with zero attached hydrogens (tertiary/aromatic N) is 2. The van der Waals surface area contributed by atoms with Crippen molar-refractivity contribution in [3.63, 3.8) is 0 Å². The van der Waals surface area contributed by atoms with Gasteiger partial charge in [-0.05, 0) is 49.8 Å². The third kappa shape index (κ3) is 8.13. The average Bonchev–Trinajstić information content (AvgIpc) is 2.60. The van der Waals surface area contributed by atoms with E-state index in [-0.39, 0.29) is 24.0 Å². The van der Waals surface area contributed by atoms with Gasteiger partial charge in [0.05, 0.1) is 19.9 Å². The number of halogens is 1. The maximum absolute atomic E-state index is 6.01. The van der Waals surface area contributed by atoms with Crippen molar-refractivity contribution in [3.8, 4) is 11.5 Å². The van der Waals surface area contributed by atoms with Gasteiger partial charge in [-0.1, -0.05) is 13.8 Å². The van der Waals surface area contributed by atoms with Crippen LogP contribution >= 0.6 is 24.0 Å². The maximum atomic E-state index is 6.01. The number of aliphatic imine (C=N–C) groups is 1. The second kappa shape index (κ2) is 12.3. The summed E-state index contributed by atoms with van der Waals surface area (Å²) >= 11 is 0. The number of methoxy groups -OCH3 is 2. The molecule has 0 bridgehead atoms. The lowest BCUT2D eigenvalue weighted by molar-refractivity contribution is 0.139. The van der Waals surface area contributed by atoms with Gasteiger partial charge in [-0.3, -0.25) is 4.99 Å². The highest BCUT2D eigenvalue weighted by atomic mass is 127. The molecule has 2 unspecified atom stereocenters. The van der Waals surface area contributed by atoms with E-state index in [1.54, 1.807) is 14.2 Å². The Morgan fingerprint density at radius 3 is 2.52 bits per heavy atom. The van der Waals surface area contributed by atoms with Gasteiger partial charge < -0.3 is 25.4 Å². The minimum Gasteiger partial charge on any atom is -0.497 e. The van der Waals surface area contributed by atoms with Crippen LogP contribution in [0.15, 0.2) is 23.2 Å². The van der Waals surface area contributed by atoms with Crippen molar-refractivity contribution >= 4 is 35.6 Å². The number of nitrogens with two attached hydrogens (primary N) is 1. The number of anilines is 1. The Morgan fingerprint density at radius 2 is 1.89 bits per heavy atom. The molecule has 1 heterocycles. The van der Waals surface area contributed by atoms with Gasteiger partial charge >= 0.3 is 0 Å². The predicted molar refractivity (Wildman–Crippen MR) is 124 cm³/mol. The lowest BCUT2D eigenvalue weighted by Crippen LogP contribution is -2.39. The van der Waals surface area contributed by atoms with Crippen LogP contribution in [-0.4, -0.2) is 51.3 Å². The molecule has 3 N–H and O–H groups in total. The molecule has 1 aromatic carbocycles. The van der Waals surface area contributed by atoms with Gasteiger partial charge in [0.15, 0.2) is 5.96 Å². The number of hydrogen-bond acceptors (Lipinski definition) is 4. The molecule has 0 amide bonds. The fraction of sp³-hybridized carbons (Fsp3) is 0.650. The summed E-state index contributed by atoms with van der Waals surface area (Å²) in [5.41, 5.74) is 6.77. The highest BCUT2D eigenvalue weighted by Crippen LogP contribution is 2.28. The summed E-state index contributed by atoms with van der Waals surface area (Å²) in [4.78, 5) is 7.02.